The number of piperidine rings is 1. The molecule has 0 radical (unpaired) electrons. The van der Waals surface area contributed by atoms with Gasteiger partial charge in [-0.3, -0.25) is 4.68 Å². The predicted octanol–water partition coefficient (Wildman–Crippen LogP) is 3.72. The Balaban J connectivity index is 1.83. The van der Waals surface area contributed by atoms with Crippen LogP contribution < -0.4 is 4.74 Å². The van der Waals surface area contributed by atoms with Crippen LogP contribution in [-0.2, 0) is 0 Å². The number of carbonyl (C=O) groups is 1. The first-order chi connectivity index (χ1) is 13.9. The van der Waals surface area contributed by atoms with E-state index in [4.69, 9.17) is 15.1 Å². The lowest BCUT2D eigenvalue weighted by Crippen LogP contribution is -2.38. The average molecular weight is 393 g/mol. The summed E-state index contributed by atoms with van der Waals surface area (Å²) in [7, 11) is 0. The minimum absolute atomic E-state index is 0.0169. The smallest absolute Gasteiger partial charge is 0.407 e. The molecule has 2 aromatic rings. The highest BCUT2D eigenvalue weighted by Gasteiger charge is 2.30. The molecule has 0 saturated carbocycles. The first-order valence-corrected chi connectivity index (χ1v) is 9.56. The van der Waals surface area contributed by atoms with E-state index in [1.54, 1.807) is 35.1 Å². The Labute approximate surface area is 169 Å². The van der Waals surface area contributed by atoms with Crippen LogP contribution in [-0.4, -0.2) is 39.0 Å². The third-order valence-corrected chi connectivity index (χ3v) is 5.17. The van der Waals surface area contributed by atoms with Gasteiger partial charge in [-0.2, -0.15) is 15.6 Å². The van der Waals surface area contributed by atoms with Crippen LogP contribution in [0.4, 0.5) is 4.79 Å². The van der Waals surface area contributed by atoms with Gasteiger partial charge in [0, 0.05) is 18.7 Å². The number of benzene rings is 1. The number of hydrogen-bond donors (Lipinski definition) is 1. The summed E-state index contributed by atoms with van der Waals surface area (Å²) >= 11 is 0. The van der Waals surface area contributed by atoms with Crippen LogP contribution in [0.1, 0.15) is 55.7 Å². The van der Waals surface area contributed by atoms with Crippen LogP contribution in [0.25, 0.3) is 0 Å². The number of aromatic nitrogens is 2. The van der Waals surface area contributed by atoms with Crippen LogP contribution in [0.3, 0.4) is 0 Å². The number of likely N-dealkylation sites (tertiary alicyclic amines) is 1. The van der Waals surface area contributed by atoms with Gasteiger partial charge in [-0.25, -0.2) is 4.79 Å². The SMILES string of the molecule is CC(C)C(Oc1ccc(C#N)cc1)c1cnn(C2CCN(C(=O)O)CC2)c1C#N. The second-order valence-corrected chi connectivity index (χ2v) is 7.42. The average Bonchev–Trinajstić information content (AvgIpc) is 3.15. The molecule has 1 saturated heterocycles. The number of hydrogen-bond acceptors (Lipinski definition) is 5. The number of nitrogens with zero attached hydrogens (tertiary/aromatic N) is 5. The van der Waals surface area contributed by atoms with Gasteiger partial charge in [0.15, 0.2) is 0 Å². The molecule has 0 aliphatic carbocycles. The second-order valence-electron chi connectivity index (χ2n) is 7.42. The summed E-state index contributed by atoms with van der Waals surface area (Å²) in [6.07, 6.45) is 1.62. The fraction of sp³-hybridized carbons (Fsp3) is 0.429. The zero-order valence-electron chi connectivity index (χ0n) is 16.4. The summed E-state index contributed by atoms with van der Waals surface area (Å²) in [6.45, 7) is 4.88. The molecule has 1 N–H and O–H groups in total. The molecular formula is C21H23N5O3. The summed E-state index contributed by atoms with van der Waals surface area (Å²) < 4.78 is 7.87. The maximum Gasteiger partial charge on any atom is 0.407 e. The first kappa shape index (κ1) is 20.2. The number of nitriles is 2. The summed E-state index contributed by atoms with van der Waals surface area (Å²) in [6, 6.07) is 11.2. The Morgan fingerprint density at radius 2 is 1.86 bits per heavy atom. The van der Waals surface area contributed by atoms with Crippen molar-refractivity contribution in [3.63, 3.8) is 0 Å². The van der Waals surface area contributed by atoms with E-state index in [-0.39, 0.29) is 18.1 Å². The Kier molecular flexibility index (Phi) is 6.04. The van der Waals surface area contributed by atoms with E-state index in [2.05, 4.69) is 17.2 Å². The summed E-state index contributed by atoms with van der Waals surface area (Å²) in [5.41, 5.74) is 1.72. The molecule has 1 unspecified atom stereocenters. The van der Waals surface area contributed by atoms with Crippen molar-refractivity contribution in [1.82, 2.24) is 14.7 Å². The normalized spacial score (nSPS) is 15.6. The third kappa shape index (κ3) is 4.33. The van der Waals surface area contributed by atoms with E-state index in [0.717, 1.165) is 0 Å². The van der Waals surface area contributed by atoms with Crippen molar-refractivity contribution in [1.29, 1.82) is 10.5 Å². The Hall–Kier alpha value is -3.52. The summed E-state index contributed by atoms with van der Waals surface area (Å²) in [5.74, 6) is 0.707. The second kappa shape index (κ2) is 8.66. The molecule has 1 aromatic carbocycles. The van der Waals surface area contributed by atoms with Crippen LogP contribution in [0, 0.1) is 28.6 Å². The molecule has 150 valence electrons. The van der Waals surface area contributed by atoms with E-state index in [9.17, 15) is 10.1 Å². The fourth-order valence-corrected chi connectivity index (χ4v) is 3.59. The standard InChI is InChI=1S/C21H23N5O3/c1-14(2)20(29-17-5-3-15(11-22)4-6-17)18-13-24-26(19(18)12-23)16-7-9-25(10-8-16)21(27)28/h3-6,13-14,16,20H,7-10H2,1-2H3,(H,27,28). The van der Waals surface area contributed by atoms with Gasteiger partial charge in [-0.1, -0.05) is 13.8 Å². The van der Waals surface area contributed by atoms with Crippen LogP contribution in [0.15, 0.2) is 30.5 Å². The van der Waals surface area contributed by atoms with E-state index < -0.39 is 6.09 Å². The molecule has 1 amide bonds. The van der Waals surface area contributed by atoms with E-state index >= 15 is 0 Å². The van der Waals surface area contributed by atoms with Gasteiger partial charge in [0.25, 0.3) is 0 Å². The minimum Gasteiger partial charge on any atom is -0.485 e. The van der Waals surface area contributed by atoms with Gasteiger partial charge < -0.3 is 14.7 Å². The number of carboxylic acid groups (broad SMARTS) is 1. The molecule has 1 fully saturated rings. The molecule has 8 heteroatoms. The molecule has 1 aliphatic rings. The van der Waals surface area contributed by atoms with Crippen molar-refractivity contribution in [3.8, 4) is 17.9 Å². The molecule has 1 aliphatic heterocycles. The van der Waals surface area contributed by atoms with E-state index in [1.165, 1.54) is 4.90 Å². The lowest BCUT2D eigenvalue weighted by molar-refractivity contribution is 0.123. The first-order valence-electron chi connectivity index (χ1n) is 9.56. The third-order valence-electron chi connectivity index (χ3n) is 5.17. The minimum atomic E-state index is -0.916. The van der Waals surface area contributed by atoms with Gasteiger partial charge in [0.1, 0.15) is 23.6 Å². The van der Waals surface area contributed by atoms with Crippen LogP contribution in [0.5, 0.6) is 5.75 Å². The van der Waals surface area contributed by atoms with E-state index in [0.29, 0.717) is 48.5 Å². The predicted molar refractivity (Wildman–Crippen MR) is 104 cm³/mol. The zero-order chi connectivity index (χ0) is 21.0. The van der Waals surface area contributed by atoms with Crippen molar-refractivity contribution >= 4 is 6.09 Å². The zero-order valence-corrected chi connectivity index (χ0v) is 16.4. The Morgan fingerprint density at radius 1 is 1.21 bits per heavy atom. The molecule has 0 bridgehead atoms. The maximum absolute atomic E-state index is 11.1. The lowest BCUT2D eigenvalue weighted by Gasteiger charge is -2.30. The van der Waals surface area contributed by atoms with Crippen molar-refractivity contribution in [2.24, 2.45) is 5.92 Å². The highest BCUT2D eigenvalue weighted by Crippen LogP contribution is 2.33. The summed E-state index contributed by atoms with van der Waals surface area (Å²) in [5, 5.41) is 32.3. The van der Waals surface area contributed by atoms with Gasteiger partial charge in [-0.15, -0.1) is 0 Å². The molecule has 0 spiro atoms. The topological polar surface area (TPSA) is 115 Å². The monoisotopic (exact) mass is 393 g/mol. The van der Waals surface area contributed by atoms with Gasteiger partial charge in [-0.05, 0) is 43.0 Å². The highest BCUT2D eigenvalue weighted by molar-refractivity contribution is 5.65. The molecule has 3 rings (SSSR count). The lowest BCUT2D eigenvalue weighted by atomic mass is 9.98. The van der Waals surface area contributed by atoms with Gasteiger partial charge in [0.2, 0.25) is 0 Å². The molecule has 1 atom stereocenters. The quantitative estimate of drug-likeness (QED) is 0.828. The van der Waals surface area contributed by atoms with Crippen molar-refractivity contribution in [3.05, 3.63) is 47.3 Å². The van der Waals surface area contributed by atoms with Crippen LogP contribution >= 0.6 is 0 Å². The highest BCUT2D eigenvalue weighted by atomic mass is 16.5. The van der Waals surface area contributed by atoms with Gasteiger partial charge in [0.05, 0.1) is 23.9 Å². The molecule has 2 heterocycles. The van der Waals surface area contributed by atoms with Crippen molar-refractivity contribution < 1.29 is 14.6 Å². The number of amides is 1. The molecule has 8 nitrogen and oxygen atoms in total. The van der Waals surface area contributed by atoms with E-state index in [1.807, 2.05) is 13.8 Å². The Morgan fingerprint density at radius 3 is 2.38 bits per heavy atom. The number of rotatable bonds is 5. The van der Waals surface area contributed by atoms with Crippen molar-refractivity contribution in [2.45, 2.75) is 38.8 Å². The number of ether oxygens (including phenoxy) is 1. The largest absolute Gasteiger partial charge is 0.485 e. The summed E-state index contributed by atoms with van der Waals surface area (Å²) in [4.78, 5) is 12.5. The molecular weight excluding hydrogens is 370 g/mol. The maximum atomic E-state index is 11.1. The van der Waals surface area contributed by atoms with Crippen LogP contribution in [0.2, 0.25) is 0 Å². The molecule has 1 aromatic heterocycles. The fourth-order valence-electron chi connectivity index (χ4n) is 3.59. The molecule has 29 heavy (non-hydrogen) atoms. The van der Waals surface area contributed by atoms with Gasteiger partial charge >= 0.3 is 6.09 Å². The van der Waals surface area contributed by atoms with Crippen molar-refractivity contribution in [2.75, 3.05) is 13.1 Å². The Bertz CT molecular complexity index is 944.